The summed E-state index contributed by atoms with van der Waals surface area (Å²) in [6.07, 6.45) is -0.157. The van der Waals surface area contributed by atoms with Gasteiger partial charge in [-0.3, -0.25) is 9.59 Å². The first-order valence-corrected chi connectivity index (χ1v) is 7.81. The zero-order valence-corrected chi connectivity index (χ0v) is 13.8. The lowest BCUT2D eigenvalue weighted by Crippen LogP contribution is -2.30. The Bertz CT molecular complexity index is 1070. The van der Waals surface area contributed by atoms with Gasteiger partial charge in [-0.05, 0) is 43.3 Å². The van der Waals surface area contributed by atoms with Crippen LogP contribution in [0.15, 0.2) is 41.2 Å². The molecule has 2 N–H and O–H groups in total. The highest BCUT2D eigenvalue weighted by Gasteiger charge is 2.14. The third-order valence-electron chi connectivity index (χ3n) is 3.86. The molecule has 8 heteroatoms. The van der Waals surface area contributed by atoms with E-state index in [0.29, 0.717) is 16.6 Å². The first-order chi connectivity index (χ1) is 12.5. The Labute approximate surface area is 147 Å². The number of nitriles is 1. The van der Waals surface area contributed by atoms with E-state index >= 15 is 0 Å². The summed E-state index contributed by atoms with van der Waals surface area (Å²) in [5.74, 6) is -0.808. The van der Waals surface area contributed by atoms with Crippen molar-refractivity contribution in [2.45, 2.75) is 19.4 Å². The maximum atomic E-state index is 13.3. The number of hydrogen-bond donors (Lipinski definition) is 2. The number of carbonyl (C=O) groups excluding carboxylic acids is 1. The highest BCUT2D eigenvalue weighted by molar-refractivity contribution is 5.82. The predicted molar refractivity (Wildman–Crippen MR) is 91.5 cm³/mol. The predicted octanol–water partition coefficient (Wildman–Crippen LogP) is 1.75. The summed E-state index contributed by atoms with van der Waals surface area (Å²) in [5.41, 5.74) is 1.01. The van der Waals surface area contributed by atoms with Gasteiger partial charge in [0, 0.05) is 16.5 Å². The zero-order chi connectivity index (χ0) is 18.7. The SMILES string of the molecule is C[C@@H](NC(=O)Cc1cc2cc(F)ccc2[nH]c1=O)c1ccc(C#N)nn1. The van der Waals surface area contributed by atoms with Crippen LogP contribution >= 0.6 is 0 Å². The molecule has 1 amide bonds. The molecule has 0 radical (unpaired) electrons. The fraction of sp³-hybridized carbons (Fsp3) is 0.167. The van der Waals surface area contributed by atoms with Crippen LogP contribution in [0.2, 0.25) is 0 Å². The Balaban J connectivity index is 1.75. The number of nitrogens with zero attached hydrogens (tertiary/aromatic N) is 3. The monoisotopic (exact) mass is 351 g/mol. The first kappa shape index (κ1) is 17.2. The summed E-state index contributed by atoms with van der Waals surface area (Å²) in [6, 6.07) is 10.1. The zero-order valence-electron chi connectivity index (χ0n) is 13.8. The van der Waals surface area contributed by atoms with E-state index in [1.807, 2.05) is 6.07 Å². The molecular weight excluding hydrogens is 337 g/mol. The van der Waals surface area contributed by atoms with Crippen molar-refractivity contribution < 1.29 is 9.18 Å². The number of pyridine rings is 1. The quantitative estimate of drug-likeness (QED) is 0.744. The molecule has 0 saturated carbocycles. The lowest BCUT2D eigenvalue weighted by molar-refractivity contribution is -0.121. The Morgan fingerprint density at radius 2 is 2.12 bits per heavy atom. The Kier molecular flexibility index (Phi) is 4.71. The third kappa shape index (κ3) is 3.72. The number of fused-ring (bicyclic) bond motifs is 1. The van der Waals surface area contributed by atoms with Gasteiger partial charge in [0.05, 0.1) is 18.2 Å². The summed E-state index contributed by atoms with van der Waals surface area (Å²) >= 11 is 0. The molecule has 0 unspecified atom stereocenters. The lowest BCUT2D eigenvalue weighted by Gasteiger charge is -2.12. The second-order valence-electron chi connectivity index (χ2n) is 5.78. The number of aromatic amines is 1. The molecule has 2 heterocycles. The molecule has 3 rings (SSSR count). The molecule has 26 heavy (non-hydrogen) atoms. The maximum absolute atomic E-state index is 13.3. The van der Waals surface area contributed by atoms with E-state index in [-0.39, 0.29) is 23.6 Å². The topological polar surface area (TPSA) is 112 Å². The number of H-pyrrole nitrogens is 1. The fourth-order valence-electron chi connectivity index (χ4n) is 2.53. The van der Waals surface area contributed by atoms with E-state index in [1.54, 1.807) is 13.0 Å². The van der Waals surface area contributed by atoms with Gasteiger partial charge < -0.3 is 10.3 Å². The summed E-state index contributed by atoms with van der Waals surface area (Å²) in [4.78, 5) is 27.0. The molecule has 0 spiro atoms. The maximum Gasteiger partial charge on any atom is 0.252 e. The van der Waals surface area contributed by atoms with E-state index in [4.69, 9.17) is 5.26 Å². The Hall–Kier alpha value is -3.60. The number of carbonyl (C=O) groups is 1. The minimum absolute atomic E-state index is 0.157. The molecule has 1 aromatic carbocycles. The van der Waals surface area contributed by atoms with Crippen molar-refractivity contribution >= 4 is 16.8 Å². The van der Waals surface area contributed by atoms with Gasteiger partial charge in [0.2, 0.25) is 5.91 Å². The van der Waals surface area contributed by atoms with Gasteiger partial charge in [-0.15, -0.1) is 5.10 Å². The van der Waals surface area contributed by atoms with E-state index in [1.165, 1.54) is 30.3 Å². The van der Waals surface area contributed by atoms with Crippen molar-refractivity contribution in [1.29, 1.82) is 5.26 Å². The Morgan fingerprint density at radius 1 is 1.31 bits per heavy atom. The molecule has 0 fully saturated rings. The standard InChI is InChI=1S/C18H14FN5O2/c1-10(15-5-3-14(9-20)23-24-15)21-17(25)8-12-6-11-7-13(19)2-4-16(11)22-18(12)26/h2-7,10H,8H2,1H3,(H,21,25)(H,22,26)/t10-/m1/s1. The number of rotatable bonds is 4. The van der Waals surface area contributed by atoms with Gasteiger partial charge in [-0.25, -0.2) is 4.39 Å². The van der Waals surface area contributed by atoms with Crippen LogP contribution in [0.3, 0.4) is 0 Å². The molecule has 0 aliphatic carbocycles. The molecule has 0 aliphatic heterocycles. The molecule has 0 aliphatic rings. The largest absolute Gasteiger partial charge is 0.348 e. The number of aromatic nitrogens is 3. The number of nitrogens with one attached hydrogen (secondary N) is 2. The fourth-order valence-corrected chi connectivity index (χ4v) is 2.53. The molecular formula is C18H14FN5O2. The Morgan fingerprint density at radius 3 is 2.81 bits per heavy atom. The van der Waals surface area contributed by atoms with Crippen molar-refractivity contribution in [2.24, 2.45) is 0 Å². The third-order valence-corrected chi connectivity index (χ3v) is 3.86. The van der Waals surface area contributed by atoms with Gasteiger partial charge in [-0.1, -0.05) is 0 Å². The summed E-state index contributed by atoms with van der Waals surface area (Å²) in [7, 11) is 0. The van der Waals surface area contributed by atoms with Gasteiger partial charge in [-0.2, -0.15) is 10.4 Å². The molecule has 3 aromatic rings. The summed E-state index contributed by atoms with van der Waals surface area (Å²) in [6.45, 7) is 1.72. The van der Waals surface area contributed by atoms with Crippen molar-refractivity contribution in [3.05, 3.63) is 69.5 Å². The second-order valence-corrected chi connectivity index (χ2v) is 5.78. The molecule has 2 aromatic heterocycles. The molecule has 130 valence electrons. The van der Waals surface area contributed by atoms with Crippen LogP contribution in [0.5, 0.6) is 0 Å². The van der Waals surface area contributed by atoms with Crippen LogP contribution in [-0.4, -0.2) is 21.1 Å². The van der Waals surface area contributed by atoms with Gasteiger partial charge in [0.25, 0.3) is 5.56 Å². The smallest absolute Gasteiger partial charge is 0.252 e. The molecule has 0 bridgehead atoms. The number of halogens is 1. The van der Waals surface area contributed by atoms with Crippen LogP contribution in [0.1, 0.15) is 29.9 Å². The highest BCUT2D eigenvalue weighted by Crippen LogP contribution is 2.14. The average Bonchev–Trinajstić information content (AvgIpc) is 2.62. The number of benzene rings is 1. The van der Waals surface area contributed by atoms with Crippen molar-refractivity contribution in [1.82, 2.24) is 20.5 Å². The van der Waals surface area contributed by atoms with E-state index in [0.717, 1.165) is 0 Å². The van der Waals surface area contributed by atoms with Gasteiger partial charge in [0.1, 0.15) is 11.9 Å². The number of amides is 1. The second kappa shape index (κ2) is 7.11. The van der Waals surface area contributed by atoms with Crippen LogP contribution < -0.4 is 10.9 Å². The van der Waals surface area contributed by atoms with Crippen molar-refractivity contribution in [3.63, 3.8) is 0 Å². The molecule has 7 nitrogen and oxygen atoms in total. The van der Waals surface area contributed by atoms with Crippen LogP contribution in [-0.2, 0) is 11.2 Å². The van der Waals surface area contributed by atoms with Crippen LogP contribution in [0, 0.1) is 17.1 Å². The normalized spacial score (nSPS) is 11.7. The van der Waals surface area contributed by atoms with E-state index in [2.05, 4.69) is 20.5 Å². The summed E-state index contributed by atoms with van der Waals surface area (Å²) < 4.78 is 13.3. The average molecular weight is 351 g/mol. The minimum Gasteiger partial charge on any atom is -0.348 e. The van der Waals surface area contributed by atoms with Crippen molar-refractivity contribution in [3.8, 4) is 6.07 Å². The summed E-state index contributed by atoms with van der Waals surface area (Å²) in [5, 5.41) is 19.5. The van der Waals surface area contributed by atoms with Crippen LogP contribution in [0.4, 0.5) is 4.39 Å². The highest BCUT2D eigenvalue weighted by atomic mass is 19.1. The minimum atomic E-state index is -0.445. The number of hydrogen-bond acceptors (Lipinski definition) is 5. The lowest BCUT2D eigenvalue weighted by atomic mass is 10.1. The van der Waals surface area contributed by atoms with Crippen LogP contribution in [0.25, 0.3) is 10.9 Å². The van der Waals surface area contributed by atoms with Crippen molar-refractivity contribution in [2.75, 3.05) is 0 Å². The van der Waals surface area contributed by atoms with E-state index in [9.17, 15) is 14.0 Å². The van der Waals surface area contributed by atoms with E-state index < -0.39 is 17.4 Å². The first-order valence-electron chi connectivity index (χ1n) is 7.81. The molecule has 0 saturated heterocycles. The van der Waals surface area contributed by atoms with Gasteiger partial charge >= 0.3 is 0 Å². The van der Waals surface area contributed by atoms with Gasteiger partial charge in [0.15, 0.2) is 5.69 Å². The molecule has 1 atom stereocenters.